The molecule has 0 radical (unpaired) electrons. The summed E-state index contributed by atoms with van der Waals surface area (Å²) >= 11 is 6.68. The minimum absolute atomic E-state index is 0.172. The van der Waals surface area contributed by atoms with E-state index in [9.17, 15) is 0 Å². The van der Waals surface area contributed by atoms with E-state index in [0.29, 0.717) is 11.3 Å². The van der Waals surface area contributed by atoms with E-state index in [4.69, 9.17) is 11.6 Å². The van der Waals surface area contributed by atoms with E-state index in [1.165, 1.54) is 36.0 Å². The number of halogens is 1. The lowest BCUT2D eigenvalue weighted by Crippen LogP contribution is -2.38. The van der Waals surface area contributed by atoms with Crippen molar-refractivity contribution in [3.05, 3.63) is 34.9 Å². The van der Waals surface area contributed by atoms with Crippen molar-refractivity contribution >= 4 is 11.6 Å². The molecule has 0 bridgehead atoms. The molecule has 1 aliphatic rings. The molecule has 0 amide bonds. The van der Waals surface area contributed by atoms with Gasteiger partial charge in [-0.1, -0.05) is 45.4 Å². The zero-order valence-electron chi connectivity index (χ0n) is 13.0. The Hall–Kier alpha value is -0.490. The molecule has 1 saturated carbocycles. The lowest BCUT2D eigenvalue weighted by molar-refractivity contribution is 0.207. The number of hydrogen-bond donors (Lipinski definition) is 0. The van der Waals surface area contributed by atoms with Crippen molar-refractivity contribution in [2.75, 3.05) is 0 Å². The lowest BCUT2D eigenvalue weighted by atomic mass is 9.65. The van der Waals surface area contributed by atoms with E-state index in [2.05, 4.69) is 52.8 Å². The molecule has 0 saturated heterocycles. The molecular weight excluding hydrogens is 252 g/mol. The third-order valence-electron chi connectivity index (χ3n) is 5.21. The SMILES string of the molecule is Cc1ccc(C(C)(C)C2CCC(C)CC2Cl)cc1C. The third kappa shape index (κ3) is 2.99. The van der Waals surface area contributed by atoms with Crippen molar-refractivity contribution in [2.24, 2.45) is 11.8 Å². The second kappa shape index (κ2) is 5.48. The van der Waals surface area contributed by atoms with E-state index < -0.39 is 0 Å². The minimum atomic E-state index is 0.172. The van der Waals surface area contributed by atoms with E-state index in [1.807, 2.05) is 0 Å². The zero-order valence-corrected chi connectivity index (χ0v) is 13.7. The fraction of sp³-hybridized carbons (Fsp3) is 0.667. The first kappa shape index (κ1) is 14.9. The summed E-state index contributed by atoms with van der Waals surface area (Å²) in [6, 6.07) is 6.90. The Bertz CT molecular complexity index is 447. The highest BCUT2D eigenvalue weighted by Crippen LogP contribution is 2.44. The van der Waals surface area contributed by atoms with Crippen molar-refractivity contribution in [2.45, 2.75) is 64.7 Å². The Morgan fingerprint density at radius 3 is 2.37 bits per heavy atom. The van der Waals surface area contributed by atoms with Crippen LogP contribution >= 0.6 is 11.6 Å². The molecule has 0 aromatic heterocycles. The highest BCUT2D eigenvalue weighted by Gasteiger charge is 2.39. The van der Waals surface area contributed by atoms with Gasteiger partial charge in [0.25, 0.3) is 0 Å². The summed E-state index contributed by atoms with van der Waals surface area (Å²) in [7, 11) is 0. The predicted octanol–water partition coefficient (Wildman–Crippen LogP) is 5.62. The molecule has 0 nitrogen and oxygen atoms in total. The molecular formula is C18H27Cl. The Labute approximate surface area is 123 Å². The van der Waals surface area contributed by atoms with Crippen LogP contribution in [0.25, 0.3) is 0 Å². The van der Waals surface area contributed by atoms with Crippen LogP contribution in [0.5, 0.6) is 0 Å². The first-order chi connectivity index (χ1) is 8.82. The third-order valence-corrected chi connectivity index (χ3v) is 5.69. The van der Waals surface area contributed by atoms with E-state index in [1.54, 1.807) is 0 Å². The molecule has 1 aromatic rings. The van der Waals surface area contributed by atoms with Gasteiger partial charge in [0, 0.05) is 5.38 Å². The first-order valence-corrected chi connectivity index (χ1v) is 7.98. The molecule has 0 N–H and O–H groups in total. The number of aryl methyl sites for hydroxylation is 2. The predicted molar refractivity (Wildman–Crippen MR) is 85.1 cm³/mol. The molecule has 19 heavy (non-hydrogen) atoms. The van der Waals surface area contributed by atoms with Gasteiger partial charge < -0.3 is 0 Å². The highest BCUT2D eigenvalue weighted by atomic mass is 35.5. The van der Waals surface area contributed by atoms with Crippen LogP contribution in [0.15, 0.2) is 18.2 Å². The van der Waals surface area contributed by atoms with E-state index in [0.717, 1.165) is 5.92 Å². The van der Waals surface area contributed by atoms with Gasteiger partial charge in [0.2, 0.25) is 0 Å². The average molecular weight is 279 g/mol. The summed E-state index contributed by atoms with van der Waals surface area (Å²) in [5.74, 6) is 1.38. The van der Waals surface area contributed by atoms with Crippen LogP contribution in [-0.2, 0) is 5.41 Å². The maximum atomic E-state index is 6.68. The molecule has 1 aromatic carbocycles. The standard InChI is InChI=1S/C18H27Cl/c1-12-6-9-16(17(19)10-12)18(4,5)15-8-7-13(2)14(3)11-15/h7-8,11-12,16-17H,6,9-10H2,1-5H3. The van der Waals surface area contributed by atoms with Crippen molar-refractivity contribution in [3.8, 4) is 0 Å². The van der Waals surface area contributed by atoms with Gasteiger partial charge in [-0.05, 0) is 60.6 Å². The van der Waals surface area contributed by atoms with Gasteiger partial charge in [-0.25, -0.2) is 0 Å². The second-order valence-electron chi connectivity index (χ2n) is 7.06. The number of rotatable bonds is 2. The second-order valence-corrected chi connectivity index (χ2v) is 7.62. The van der Waals surface area contributed by atoms with Crippen molar-refractivity contribution in [1.29, 1.82) is 0 Å². The van der Waals surface area contributed by atoms with Gasteiger partial charge in [-0.2, -0.15) is 0 Å². The Morgan fingerprint density at radius 2 is 1.79 bits per heavy atom. The summed E-state index contributed by atoms with van der Waals surface area (Å²) in [5.41, 5.74) is 4.38. The van der Waals surface area contributed by atoms with Crippen molar-refractivity contribution in [1.82, 2.24) is 0 Å². The number of benzene rings is 1. The van der Waals surface area contributed by atoms with Gasteiger partial charge in [0.1, 0.15) is 0 Å². The Morgan fingerprint density at radius 1 is 1.11 bits per heavy atom. The van der Waals surface area contributed by atoms with Crippen LogP contribution in [0.3, 0.4) is 0 Å². The molecule has 2 rings (SSSR count). The fourth-order valence-electron chi connectivity index (χ4n) is 3.48. The van der Waals surface area contributed by atoms with Crippen LogP contribution in [-0.4, -0.2) is 5.38 Å². The normalized spacial score (nSPS) is 28.4. The van der Waals surface area contributed by atoms with Gasteiger partial charge in [0.15, 0.2) is 0 Å². The van der Waals surface area contributed by atoms with Gasteiger partial charge in [-0.15, -0.1) is 11.6 Å². The van der Waals surface area contributed by atoms with Crippen LogP contribution < -0.4 is 0 Å². The molecule has 3 atom stereocenters. The summed E-state index contributed by atoms with van der Waals surface area (Å²) in [6.45, 7) is 11.4. The molecule has 1 fully saturated rings. The van der Waals surface area contributed by atoms with E-state index >= 15 is 0 Å². The number of hydrogen-bond acceptors (Lipinski definition) is 0. The summed E-state index contributed by atoms with van der Waals surface area (Å²) in [4.78, 5) is 0. The van der Waals surface area contributed by atoms with E-state index in [-0.39, 0.29) is 5.41 Å². The maximum Gasteiger partial charge on any atom is 0.0375 e. The summed E-state index contributed by atoms with van der Waals surface area (Å²) in [5, 5.41) is 0.320. The molecule has 1 heteroatoms. The van der Waals surface area contributed by atoms with Crippen LogP contribution in [0.4, 0.5) is 0 Å². The molecule has 0 aliphatic heterocycles. The van der Waals surface area contributed by atoms with Crippen LogP contribution in [0.2, 0.25) is 0 Å². The number of alkyl halides is 1. The molecule has 1 aliphatic carbocycles. The monoisotopic (exact) mass is 278 g/mol. The quantitative estimate of drug-likeness (QED) is 0.616. The smallest absolute Gasteiger partial charge is 0.0375 e. The highest BCUT2D eigenvalue weighted by molar-refractivity contribution is 6.20. The minimum Gasteiger partial charge on any atom is -0.123 e. The molecule has 3 unspecified atom stereocenters. The topological polar surface area (TPSA) is 0 Å². The first-order valence-electron chi connectivity index (χ1n) is 7.54. The fourth-order valence-corrected chi connectivity index (χ4v) is 4.23. The maximum absolute atomic E-state index is 6.68. The zero-order chi connectivity index (χ0) is 14.2. The molecule has 0 heterocycles. The van der Waals surface area contributed by atoms with Gasteiger partial charge in [0.05, 0.1) is 0 Å². The van der Waals surface area contributed by atoms with Crippen molar-refractivity contribution < 1.29 is 0 Å². The summed E-state index contributed by atoms with van der Waals surface area (Å²) in [6.07, 6.45) is 3.75. The average Bonchev–Trinajstić information content (AvgIpc) is 2.32. The van der Waals surface area contributed by atoms with Crippen molar-refractivity contribution in [3.63, 3.8) is 0 Å². The van der Waals surface area contributed by atoms with Crippen LogP contribution in [0.1, 0.15) is 56.7 Å². The summed E-state index contributed by atoms with van der Waals surface area (Å²) < 4.78 is 0. The van der Waals surface area contributed by atoms with Gasteiger partial charge in [-0.3, -0.25) is 0 Å². The van der Waals surface area contributed by atoms with Gasteiger partial charge >= 0.3 is 0 Å². The molecule has 0 spiro atoms. The Kier molecular flexibility index (Phi) is 4.30. The largest absolute Gasteiger partial charge is 0.123 e. The molecule has 106 valence electrons. The Balaban J connectivity index is 2.28. The van der Waals surface area contributed by atoms with Crippen LogP contribution in [0, 0.1) is 25.7 Å². The lowest BCUT2D eigenvalue weighted by Gasteiger charge is -2.42.